The fourth-order valence-electron chi connectivity index (χ4n) is 2.75. The van der Waals surface area contributed by atoms with Crippen molar-refractivity contribution in [3.63, 3.8) is 0 Å². The minimum Gasteiger partial charge on any atom is -0.381 e. The lowest BCUT2D eigenvalue weighted by molar-refractivity contribution is 0.108. The summed E-state index contributed by atoms with van der Waals surface area (Å²) in [6.45, 7) is 13.9. The molecule has 1 rings (SSSR count). The number of nitrogens with zero attached hydrogens (tertiary/aromatic N) is 3. The summed E-state index contributed by atoms with van der Waals surface area (Å²) >= 11 is 0. The highest BCUT2D eigenvalue weighted by atomic mass is 127. The van der Waals surface area contributed by atoms with E-state index in [-0.39, 0.29) is 24.0 Å². The number of likely N-dealkylation sites (N-methyl/N-ethyl adjacent to an activating group) is 1. The first-order valence-corrected chi connectivity index (χ1v) is 9.55. The Balaban J connectivity index is 0.00000576. The molecule has 1 heterocycles. The standard InChI is InChI=1S/C18H39N5O.HI/c1-17(2)16-24-15-6-9-21-18(19-3)20-8-5-11-23-12-7-10-22(4)13-14-23;/h17H,5-16H2,1-4H3,(H2,19,20,21);1H. The summed E-state index contributed by atoms with van der Waals surface area (Å²) in [5.74, 6) is 1.51. The lowest BCUT2D eigenvalue weighted by Gasteiger charge is -2.20. The molecular formula is C18H40IN5O. The van der Waals surface area contributed by atoms with Crippen LogP contribution in [0, 0.1) is 5.92 Å². The average Bonchev–Trinajstić information content (AvgIpc) is 2.76. The summed E-state index contributed by atoms with van der Waals surface area (Å²) in [5.41, 5.74) is 0. The molecule has 0 bridgehead atoms. The smallest absolute Gasteiger partial charge is 0.190 e. The van der Waals surface area contributed by atoms with Gasteiger partial charge in [-0.25, -0.2) is 0 Å². The molecule has 150 valence electrons. The highest BCUT2D eigenvalue weighted by Gasteiger charge is 2.11. The Kier molecular flexibility index (Phi) is 16.0. The highest BCUT2D eigenvalue weighted by Crippen LogP contribution is 2.01. The van der Waals surface area contributed by atoms with Crippen molar-refractivity contribution in [1.82, 2.24) is 20.4 Å². The Labute approximate surface area is 172 Å². The number of hydrogen-bond donors (Lipinski definition) is 2. The van der Waals surface area contributed by atoms with Gasteiger partial charge >= 0.3 is 0 Å². The van der Waals surface area contributed by atoms with Gasteiger partial charge in [-0.1, -0.05) is 13.8 Å². The van der Waals surface area contributed by atoms with E-state index in [1.54, 1.807) is 0 Å². The molecule has 2 N–H and O–H groups in total. The summed E-state index contributed by atoms with van der Waals surface area (Å²) in [7, 11) is 4.05. The van der Waals surface area contributed by atoms with Gasteiger partial charge in [0.1, 0.15) is 0 Å². The van der Waals surface area contributed by atoms with Crippen molar-refractivity contribution >= 4 is 29.9 Å². The third kappa shape index (κ3) is 13.7. The van der Waals surface area contributed by atoms with Crippen LogP contribution in [0.15, 0.2) is 4.99 Å². The molecule has 0 aromatic heterocycles. The molecule has 0 radical (unpaired) electrons. The molecule has 0 saturated carbocycles. The van der Waals surface area contributed by atoms with Crippen LogP contribution in [0.25, 0.3) is 0 Å². The molecule has 0 spiro atoms. The lowest BCUT2D eigenvalue weighted by atomic mass is 10.2. The van der Waals surface area contributed by atoms with Crippen LogP contribution in [0.3, 0.4) is 0 Å². The first-order valence-electron chi connectivity index (χ1n) is 9.55. The van der Waals surface area contributed by atoms with Crippen LogP contribution in [-0.4, -0.2) is 88.9 Å². The third-order valence-electron chi connectivity index (χ3n) is 4.19. The normalized spacial score (nSPS) is 17.2. The second kappa shape index (κ2) is 16.1. The van der Waals surface area contributed by atoms with E-state index >= 15 is 0 Å². The number of guanidine groups is 1. The molecule has 0 unspecified atom stereocenters. The van der Waals surface area contributed by atoms with E-state index in [1.807, 2.05) is 7.05 Å². The van der Waals surface area contributed by atoms with Crippen LogP contribution in [0.1, 0.15) is 33.1 Å². The molecule has 1 fully saturated rings. The van der Waals surface area contributed by atoms with Gasteiger partial charge in [-0.05, 0) is 51.9 Å². The zero-order valence-corrected chi connectivity index (χ0v) is 19.1. The molecule has 0 aromatic carbocycles. The quantitative estimate of drug-likeness (QED) is 0.222. The van der Waals surface area contributed by atoms with Gasteiger partial charge in [0.15, 0.2) is 5.96 Å². The minimum absolute atomic E-state index is 0. The molecular weight excluding hydrogens is 429 g/mol. The monoisotopic (exact) mass is 469 g/mol. The van der Waals surface area contributed by atoms with Gasteiger partial charge in [0, 0.05) is 46.4 Å². The molecule has 0 amide bonds. The molecule has 1 saturated heterocycles. The van der Waals surface area contributed by atoms with E-state index in [0.29, 0.717) is 5.92 Å². The molecule has 1 aliphatic heterocycles. The summed E-state index contributed by atoms with van der Waals surface area (Å²) in [6, 6.07) is 0. The summed E-state index contributed by atoms with van der Waals surface area (Å²) in [5, 5.41) is 6.75. The number of ether oxygens (including phenoxy) is 1. The third-order valence-corrected chi connectivity index (χ3v) is 4.19. The van der Waals surface area contributed by atoms with Crippen molar-refractivity contribution in [2.24, 2.45) is 10.9 Å². The van der Waals surface area contributed by atoms with E-state index in [0.717, 1.165) is 45.1 Å². The predicted octanol–water partition coefficient (Wildman–Crippen LogP) is 1.86. The number of aliphatic imine (C=N–C) groups is 1. The van der Waals surface area contributed by atoms with Gasteiger partial charge in [0.2, 0.25) is 0 Å². The molecule has 0 aromatic rings. The summed E-state index contributed by atoms with van der Waals surface area (Å²) < 4.78 is 5.58. The zero-order valence-electron chi connectivity index (χ0n) is 16.7. The van der Waals surface area contributed by atoms with E-state index in [2.05, 4.69) is 46.3 Å². The maximum atomic E-state index is 5.58. The van der Waals surface area contributed by atoms with Crippen molar-refractivity contribution in [1.29, 1.82) is 0 Å². The van der Waals surface area contributed by atoms with Crippen molar-refractivity contribution in [2.45, 2.75) is 33.1 Å². The molecule has 0 atom stereocenters. The fraction of sp³-hybridized carbons (Fsp3) is 0.944. The van der Waals surface area contributed by atoms with Gasteiger partial charge < -0.3 is 25.2 Å². The Bertz CT molecular complexity index is 341. The lowest BCUT2D eigenvalue weighted by Crippen LogP contribution is -2.39. The first kappa shape index (κ1) is 24.9. The molecule has 7 heteroatoms. The Hall–Kier alpha value is -0.120. The van der Waals surface area contributed by atoms with Crippen molar-refractivity contribution in [3.05, 3.63) is 0 Å². The largest absolute Gasteiger partial charge is 0.381 e. The van der Waals surface area contributed by atoms with Gasteiger partial charge in [-0.2, -0.15) is 0 Å². The Morgan fingerprint density at radius 3 is 2.48 bits per heavy atom. The van der Waals surface area contributed by atoms with E-state index < -0.39 is 0 Å². The zero-order chi connectivity index (χ0) is 17.6. The highest BCUT2D eigenvalue weighted by molar-refractivity contribution is 14.0. The van der Waals surface area contributed by atoms with Gasteiger partial charge in [0.05, 0.1) is 0 Å². The maximum Gasteiger partial charge on any atom is 0.190 e. The number of halogens is 1. The average molecular weight is 469 g/mol. The van der Waals surface area contributed by atoms with Crippen LogP contribution in [0.5, 0.6) is 0 Å². The first-order chi connectivity index (χ1) is 11.6. The molecule has 25 heavy (non-hydrogen) atoms. The number of hydrogen-bond acceptors (Lipinski definition) is 4. The van der Waals surface area contributed by atoms with Crippen LogP contribution < -0.4 is 10.6 Å². The van der Waals surface area contributed by atoms with Crippen LogP contribution in [0.2, 0.25) is 0 Å². The molecule has 0 aliphatic carbocycles. The number of rotatable bonds is 10. The van der Waals surface area contributed by atoms with E-state index in [4.69, 9.17) is 4.74 Å². The van der Waals surface area contributed by atoms with Crippen molar-refractivity contribution in [3.8, 4) is 0 Å². The van der Waals surface area contributed by atoms with Gasteiger partial charge in [-0.15, -0.1) is 24.0 Å². The topological polar surface area (TPSA) is 52.1 Å². The second-order valence-corrected chi connectivity index (χ2v) is 7.10. The van der Waals surface area contributed by atoms with E-state index in [1.165, 1.54) is 39.1 Å². The van der Waals surface area contributed by atoms with Crippen LogP contribution >= 0.6 is 24.0 Å². The Morgan fingerprint density at radius 2 is 1.80 bits per heavy atom. The number of nitrogens with one attached hydrogen (secondary N) is 2. The van der Waals surface area contributed by atoms with Crippen LogP contribution in [-0.2, 0) is 4.74 Å². The second-order valence-electron chi connectivity index (χ2n) is 7.10. The SMILES string of the molecule is CN=C(NCCCOCC(C)C)NCCCN1CCCN(C)CC1.I. The van der Waals surface area contributed by atoms with Gasteiger partial charge in [0.25, 0.3) is 0 Å². The minimum atomic E-state index is 0. The van der Waals surface area contributed by atoms with Crippen molar-refractivity contribution < 1.29 is 4.74 Å². The maximum absolute atomic E-state index is 5.58. The van der Waals surface area contributed by atoms with E-state index in [9.17, 15) is 0 Å². The predicted molar refractivity (Wildman–Crippen MR) is 118 cm³/mol. The molecule has 6 nitrogen and oxygen atoms in total. The summed E-state index contributed by atoms with van der Waals surface area (Å²) in [4.78, 5) is 9.28. The van der Waals surface area contributed by atoms with Crippen molar-refractivity contribution in [2.75, 3.05) is 73.1 Å². The Morgan fingerprint density at radius 1 is 1.08 bits per heavy atom. The molecule has 1 aliphatic rings. The summed E-state index contributed by atoms with van der Waals surface area (Å²) in [6.07, 6.45) is 3.45. The fourth-order valence-corrected chi connectivity index (χ4v) is 2.75. The van der Waals surface area contributed by atoms with Gasteiger partial charge in [-0.3, -0.25) is 4.99 Å². The van der Waals surface area contributed by atoms with Crippen LogP contribution in [0.4, 0.5) is 0 Å².